The van der Waals surface area contributed by atoms with Gasteiger partial charge in [-0.1, -0.05) is 24.3 Å². The molecule has 0 saturated carbocycles. The lowest BCUT2D eigenvalue weighted by atomic mass is 9.89. The average Bonchev–Trinajstić information content (AvgIpc) is 2.78. The molecule has 0 spiro atoms. The van der Waals surface area contributed by atoms with Crippen molar-refractivity contribution in [2.24, 2.45) is 0 Å². The summed E-state index contributed by atoms with van der Waals surface area (Å²) < 4.78 is 10.6. The summed E-state index contributed by atoms with van der Waals surface area (Å²) in [6.45, 7) is 1.09. The molecule has 1 amide bonds. The molecule has 0 unspecified atom stereocenters. The van der Waals surface area contributed by atoms with Crippen LogP contribution in [-0.4, -0.2) is 53.4 Å². The Morgan fingerprint density at radius 3 is 2.43 bits per heavy atom. The molecule has 1 saturated heterocycles. The molecule has 1 fully saturated rings. The molecule has 1 aliphatic heterocycles. The molecule has 8 heteroatoms. The number of carboxylic acid groups (broad SMARTS) is 1. The van der Waals surface area contributed by atoms with Gasteiger partial charge in [-0.25, -0.2) is 9.78 Å². The number of fused-ring (bicyclic) bond motifs is 1. The fourth-order valence-corrected chi connectivity index (χ4v) is 3.94. The van der Waals surface area contributed by atoms with Crippen molar-refractivity contribution in [3.63, 3.8) is 0 Å². The summed E-state index contributed by atoms with van der Waals surface area (Å²) in [7, 11) is 3.05. The van der Waals surface area contributed by atoms with Crippen LogP contribution in [0.15, 0.2) is 41.2 Å². The van der Waals surface area contributed by atoms with Crippen LogP contribution in [0.5, 0.6) is 11.5 Å². The number of aromatic nitrogens is 2. The van der Waals surface area contributed by atoms with Crippen molar-refractivity contribution in [1.29, 1.82) is 0 Å². The van der Waals surface area contributed by atoms with E-state index in [1.54, 1.807) is 19.2 Å². The maximum atomic E-state index is 12.7. The number of aromatic amines is 1. The number of amides is 1. The zero-order chi connectivity index (χ0) is 21.3. The van der Waals surface area contributed by atoms with Crippen LogP contribution in [-0.2, 0) is 0 Å². The molecule has 1 aromatic heterocycles. The minimum absolute atomic E-state index is 0.278. The summed E-state index contributed by atoms with van der Waals surface area (Å²) in [5, 5.41) is 9.47. The van der Waals surface area contributed by atoms with Crippen LogP contribution >= 0.6 is 0 Å². The number of H-pyrrole nitrogens is 1. The SMILES string of the molecule is COc1cc(OC)c2c(=O)[nH]c(-c3ccc(C4CCN(C(=O)O)CC4)cc3)nc2c1. The Hall–Kier alpha value is -3.55. The first-order valence-electron chi connectivity index (χ1n) is 9.74. The molecule has 1 aliphatic rings. The summed E-state index contributed by atoms with van der Waals surface area (Å²) in [6, 6.07) is 11.3. The molecule has 8 nitrogen and oxygen atoms in total. The van der Waals surface area contributed by atoms with E-state index in [4.69, 9.17) is 14.6 Å². The number of nitrogens with one attached hydrogen (secondary N) is 1. The third kappa shape index (κ3) is 3.68. The molecule has 2 N–H and O–H groups in total. The van der Waals surface area contributed by atoms with E-state index in [2.05, 4.69) is 9.97 Å². The number of ether oxygens (including phenoxy) is 2. The van der Waals surface area contributed by atoms with Gasteiger partial charge in [-0.3, -0.25) is 4.79 Å². The summed E-state index contributed by atoms with van der Waals surface area (Å²) >= 11 is 0. The van der Waals surface area contributed by atoms with E-state index in [1.165, 1.54) is 12.0 Å². The molecule has 0 aliphatic carbocycles. The first-order chi connectivity index (χ1) is 14.5. The van der Waals surface area contributed by atoms with Crippen LogP contribution in [0.4, 0.5) is 4.79 Å². The molecular weight excluding hydrogens is 386 g/mol. The zero-order valence-electron chi connectivity index (χ0n) is 16.8. The monoisotopic (exact) mass is 409 g/mol. The smallest absolute Gasteiger partial charge is 0.407 e. The predicted molar refractivity (Wildman–Crippen MR) is 112 cm³/mol. The van der Waals surface area contributed by atoms with Crippen molar-refractivity contribution in [2.75, 3.05) is 27.3 Å². The first kappa shape index (κ1) is 19.8. The van der Waals surface area contributed by atoms with Crippen molar-refractivity contribution in [3.05, 3.63) is 52.3 Å². The quantitative estimate of drug-likeness (QED) is 0.684. The topological polar surface area (TPSA) is 105 Å². The van der Waals surface area contributed by atoms with Gasteiger partial charge in [0.2, 0.25) is 0 Å². The molecule has 3 aromatic rings. The van der Waals surface area contributed by atoms with Crippen LogP contribution in [0, 0.1) is 0 Å². The van der Waals surface area contributed by atoms with Crippen molar-refractivity contribution >= 4 is 17.0 Å². The second kappa shape index (κ2) is 8.06. The van der Waals surface area contributed by atoms with Crippen LogP contribution in [0.1, 0.15) is 24.3 Å². The van der Waals surface area contributed by atoms with Crippen LogP contribution in [0.2, 0.25) is 0 Å². The number of methoxy groups -OCH3 is 2. The normalized spacial score (nSPS) is 14.7. The highest BCUT2D eigenvalue weighted by Crippen LogP contribution is 2.31. The van der Waals surface area contributed by atoms with Gasteiger partial charge in [0.1, 0.15) is 22.7 Å². The molecule has 30 heavy (non-hydrogen) atoms. The van der Waals surface area contributed by atoms with Crippen molar-refractivity contribution in [2.45, 2.75) is 18.8 Å². The van der Waals surface area contributed by atoms with Gasteiger partial charge in [0.15, 0.2) is 0 Å². The van der Waals surface area contributed by atoms with Crippen molar-refractivity contribution < 1.29 is 19.4 Å². The van der Waals surface area contributed by atoms with Gasteiger partial charge in [-0.15, -0.1) is 0 Å². The summed E-state index contributed by atoms with van der Waals surface area (Å²) in [4.78, 5) is 32.7. The third-order valence-electron chi connectivity index (χ3n) is 5.62. The van der Waals surface area contributed by atoms with Gasteiger partial charge in [0.05, 0.1) is 19.7 Å². The minimum Gasteiger partial charge on any atom is -0.497 e. The lowest BCUT2D eigenvalue weighted by Crippen LogP contribution is -2.36. The Morgan fingerprint density at radius 2 is 1.83 bits per heavy atom. The number of rotatable bonds is 4. The third-order valence-corrected chi connectivity index (χ3v) is 5.62. The number of nitrogens with zero attached hydrogens (tertiary/aromatic N) is 2. The van der Waals surface area contributed by atoms with Gasteiger partial charge in [0, 0.05) is 30.8 Å². The number of piperidine rings is 1. The number of hydrogen-bond donors (Lipinski definition) is 2. The standard InChI is InChI=1S/C22H23N3O5/c1-29-16-11-17-19(18(12-16)30-2)21(26)24-20(23-17)15-5-3-13(4-6-15)14-7-9-25(10-8-14)22(27)28/h3-6,11-12,14H,7-10H2,1-2H3,(H,27,28)(H,23,24,26). The predicted octanol–water partition coefficient (Wildman–Crippen LogP) is 3.46. The minimum atomic E-state index is -0.858. The van der Waals surface area contributed by atoms with E-state index in [0.29, 0.717) is 47.2 Å². The van der Waals surface area contributed by atoms with Crippen molar-refractivity contribution in [3.8, 4) is 22.9 Å². The van der Waals surface area contributed by atoms with Crippen molar-refractivity contribution in [1.82, 2.24) is 14.9 Å². The van der Waals surface area contributed by atoms with Crippen LogP contribution in [0.25, 0.3) is 22.3 Å². The Bertz CT molecular complexity index is 1130. The largest absolute Gasteiger partial charge is 0.497 e. The Labute approximate surface area is 173 Å². The lowest BCUT2D eigenvalue weighted by Gasteiger charge is -2.30. The Kier molecular flexibility index (Phi) is 5.31. The number of carbonyl (C=O) groups is 1. The number of benzene rings is 2. The molecular formula is C22H23N3O5. The van der Waals surface area contributed by atoms with Gasteiger partial charge in [-0.2, -0.15) is 0 Å². The van der Waals surface area contributed by atoms with E-state index in [9.17, 15) is 9.59 Å². The summed E-state index contributed by atoms with van der Waals surface area (Å²) in [5.41, 5.74) is 2.17. The number of hydrogen-bond acceptors (Lipinski definition) is 5. The second-order valence-corrected chi connectivity index (χ2v) is 7.30. The average molecular weight is 409 g/mol. The molecule has 156 valence electrons. The second-order valence-electron chi connectivity index (χ2n) is 7.30. The highest BCUT2D eigenvalue weighted by molar-refractivity contribution is 5.87. The fraction of sp³-hybridized carbons (Fsp3) is 0.318. The van der Waals surface area contributed by atoms with Gasteiger partial charge in [-0.05, 0) is 24.3 Å². The Morgan fingerprint density at radius 1 is 1.13 bits per heavy atom. The van der Waals surface area contributed by atoms with Gasteiger partial charge in [0.25, 0.3) is 5.56 Å². The van der Waals surface area contributed by atoms with Crippen LogP contribution < -0.4 is 15.0 Å². The molecule has 4 rings (SSSR count). The van der Waals surface area contributed by atoms with E-state index in [0.717, 1.165) is 24.0 Å². The van der Waals surface area contributed by atoms with Crippen LogP contribution in [0.3, 0.4) is 0 Å². The Balaban J connectivity index is 1.63. The van der Waals surface area contributed by atoms with E-state index in [1.807, 2.05) is 24.3 Å². The number of likely N-dealkylation sites (tertiary alicyclic amines) is 1. The van der Waals surface area contributed by atoms with E-state index < -0.39 is 6.09 Å². The molecule has 2 heterocycles. The maximum absolute atomic E-state index is 12.7. The first-order valence-corrected chi connectivity index (χ1v) is 9.74. The highest BCUT2D eigenvalue weighted by atomic mass is 16.5. The summed E-state index contributed by atoms with van der Waals surface area (Å²) in [5.74, 6) is 1.76. The fourth-order valence-electron chi connectivity index (χ4n) is 3.94. The lowest BCUT2D eigenvalue weighted by molar-refractivity contribution is 0.132. The highest BCUT2D eigenvalue weighted by Gasteiger charge is 2.23. The summed E-state index contributed by atoms with van der Waals surface area (Å²) in [6.07, 6.45) is 0.746. The molecule has 0 atom stereocenters. The molecule has 0 radical (unpaired) electrons. The van der Waals surface area contributed by atoms with E-state index in [-0.39, 0.29) is 5.56 Å². The maximum Gasteiger partial charge on any atom is 0.407 e. The van der Waals surface area contributed by atoms with Gasteiger partial charge < -0.3 is 24.5 Å². The molecule has 2 aromatic carbocycles. The van der Waals surface area contributed by atoms with E-state index >= 15 is 0 Å². The molecule has 0 bridgehead atoms. The zero-order valence-corrected chi connectivity index (χ0v) is 16.8. The van der Waals surface area contributed by atoms with Gasteiger partial charge >= 0.3 is 6.09 Å².